The summed E-state index contributed by atoms with van der Waals surface area (Å²) in [4.78, 5) is 30.3. The van der Waals surface area contributed by atoms with E-state index < -0.39 is 17.6 Å². The normalized spacial score (nSPS) is 17.8. The zero-order valence-corrected chi connectivity index (χ0v) is 14.8. The Morgan fingerprint density at radius 2 is 2.04 bits per heavy atom. The molecule has 0 aliphatic carbocycles. The molecule has 0 saturated carbocycles. The SMILES string of the molecule is C[C@@H]1CN(C(=O)Oc2cncc(C#N)c2C(C)(C)C)CCN1C(=O)O. The monoisotopic (exact) mass is 346 g/mol. The van der Waals surface area contributed by atoms with Crippen LogP contribution in [0, 0.1) is 11.3 Å². The van der Waals surface area contributed by atoms with Crippen molar-refractivity contribution in [1.29, 1.82) is 5.26 Å². The van der Waals surface area contributed by atoms with Crippen LogP contribution < -0.4 is 4.74 Å². The van der Waals surface area contributed by atoms with E-state index in [2.05, 4.69) is 11.1 Å². The molecule has 1 aromatic rings. The van der Waals surface area contributed by atoms with Gasteiger partial charge in [-0.15, -0.1) is 0 Å². The molecule has 2 amide bonds. The molecule has 0 spiro atoms. The van der Waals surface area contributed by atoms with E-state index in [0.717, 1.165) is 0 Å². The summed E-state index contributed by atoms with van der Waals surface area (Å²) < 4.78 is 5.51. The Kier molecular flexibility index (Phi) is 5.16. The molecule has 1 N–H and O–H groups in total. The fourth-order valence-corrected chi connectivity index (χ4v) is 2.94. The van der Waals surface area contributed by atoms with Crippen molar-refractivity contribution in [1.82, 2.24) is 14.8 Å². The number of carbonyl (C=O) groups excluding carboxylic acids is 1. The summed E-state index contributed by atoms with van der Waals surface area (Å²) in [5.41, 5.74) is 0.580. The van der Waals surface area contributed by atoms with Crippen LogP contribution in [0.4, 0.5) is 9.59 Å². The highest BCUT2D eigenvalue weighted by Gasteiger charge is 2.32. The summed E-state index contributed by atoms with van der Waals surface area (Å²) in [6, 6.07) is 1.77. The van der Waals surface area contributed by atoms with Gasteiger partial charge in [-0.05, 0) is 12.3 Å². The van der Waals surface area contributed by atoms with E-state index in [0.29, 0.717) is 11.1 Å². The maximum Gasteiger partial charge on any atom is 0.415 e. The van der Waals surface area contributed by atoms with Crippen molar-refractivity contribution in [3.05, 3.63) is 23.5 Å². The Morgan fingerprint density at radius 1 is 1.36 bits per heavy atom. The lowest BCUT2D eigenvalue weighted by Gasteiger charge is -2.37. The number of rotatable bonds is 1. The standard InChI is InChI=1S/C17H22N4O4/c1-11-10-20(5-6-21(11)15(22)23)16(24)25-13-9-19-8-12(7-18)14(13)17(2,3)4/h8-9,11H,5-6,10H2,1-4H3,(H,22,23)/t11-/m1/s1. The molecule has 25 heavy (non-hydrogen) atoms. The third kappa shape index (κ3) is 3.99. The molecular formula is C17H22N4O4. The number of nitrogens with zero attached hydrogens (tertiary/aromatic N) is 4. The number of ether oxygens (including phenoxy) is 1. The number of pyridine rings is 1. The average Bonchev–Trinajstić information content (AvgIpc) is 2.52. The summed E-state index contributed by atoms with van der Waals surface area (Å²) in [6.07, 6.45) is 1.31. The lowest BCUT2D eigenvalue weighted by molar-refractivity contribution is 0.0717. The number of piperazine rings is 1. The lowest BCUT2D eigenvalue weighted by Crippen LogP contribution is -2.55. The van der Waals surface area contributed by atoms with Gasteiger partial charge in [0.25, 0.3) is 0 Å². The predicted octanol–water partition coefficient (Wildman–Crippen LogP) is 2.43. The fourth-order valence-electron chi connectivity index (χ4n) is 2.94. The number of hydrogen-bond donors (Lipinski definition) is 1. The van der Waals surface area contributed by atoms with Crippen molar-refractivity contribution in [3.63, 3.8) is 0 Å². The van der Waals surface area contributed by atoms with Gasteiger partial charge in [0, 0.05) is 31.4 Å². The van der Waals surface area contributed by atoms with Gasteiger partial charge in [-0.3, -0.25) is 4.98 Å². The maximum atomic E-state index is 12.5. The van der Waals surface area contributed by atoms with Crippen LogP contribution in [0.2, 0.25) is 0 Å². The Labute approximate surface area is 146 Å². The third-order valence-corrected chi connectivity index (χ3v) is 4.11. The third-order valence-electron chi connectivity index (χ3n) is 4.11. The first-order valence-corrected chi connectivity index (χ1v) is 8.00. The maximum absolute atomic E-state index is 12.5. The van der Waals surface area contributed by atoms with Crippen LogP contribution in [0.25, 0.3) is 0 Å². The molecule has 1 aliphatic rings. The van der Waals surface area contributed by atoms with Crippen LogP contribution in [0.5, 0.6) is 5.75 Å². The van der Waals surface area contributed by atoms with Crippen LogP contribution >= 0.6 is 0 Å². The molecule has 0 aromatic carbocycles. The highest BCUT2D eigenvalue weighted by atomic mass is 16.6. The number of nitriles is 1. The van der Waals surface area contributed by atoms with Crippen LogP contribution in [-0.2, 0) is 5.41 Å². The van der Waals surface area contributed by atoms with E-state index in [1.54, 1.807) is 6.92 Å². The second kappa shape index (κ2) is 6.97. The van der Waals surface area contributed by atoms with Crippen molar-refractivity contribution in [2.75, 3.05) is 19.6 Å². The first kappa shape index (κ1) is 18.5. The molecule has 0 radical (unpaired) electrons. The summed E-state index contributed by atoms with van der Waals surface area (Å²) in [5, 5.41) is 18.4. The molecule has 1 saturated heterocycles. The zero-order chi connectivity index (χ0) is 18.8. The van der Waals surface area contributed by atoms with Crippen molar-refractivity contribution < 1.29 is 19.4 Å². The zero-order valence-electron chi connectivity index (χ0n) is 14.8. The minimum absolute atomic E-state index is 0.230. The number of carbonyl (C=O) groups is 2. The predicted molar refractivity (Wildman–Crippen MR) is 89.4 cm³/mol. The number of aromatic nitrogens is 1. The molecule has 2 heterocycles. The first-order valence-electron chi connectivity index (χ1n) is 8.00. The average molecular weight is 346 g/mol. The van der Waals surface area contributed by atoms with Crippen molar-refractivity contribution >= 4 is 12.2 Å². The van der Waals surface area contributed by atoms with Gasteiger partial charge in [0.2, 0.25) is 0 Å². The van der Waals surface area contributed by atoms with Gasteiger partial charge in [0.15, 0.2) is 5.75 Å². The molecule has 2 rings (SSSR count). The molecule has 0 unspecified atom stereocenters. The summed E-state index contributed by atoms with van der Waals surface area (Å²) in [6.45, 7) is 8.25. The van der Waals surface area contributed by atoms with Gasteiger partial charge < -0.3 is 19.6 Å². The van der Waals surface area contributed by atoms with Gasteiger partial charge in [-0.25, -0.2) is 9.59 Å². The van der Waals surface area contributed by atoms with Crippen LogP contribution in [0.15, 0.2) is 12.4 Å². The number of carboxylic acid groups (broad SMARTS) is 1. The summed E-state index contributed by atoms with van der Waals surface area (Å²) in [7, 11) is 0. The van der Waals surface area contributed by atoms with E-state index >= 15 is 0 Å². The van der Waals surface area contributed by atoms with Crippen LogP contribution in [0.1, 0.15) is 38.8 Å². The minimum atomic E-state index is -0.999. The van der Waals surface area contributed by atoms with Gasteiger partial charge in [0.1, 0.15) is 6.07 Å². The smallest absolute Gasteiger partial charge is 0.415 e. The van der Waals surface area contributed by atoms with Crippen LogP contribution in [-0.4, -0.2) is 57.8 Å². The van der Waals surface area contributed by atoms with Crippen molar-refractivity contribution in [3.8, 4) is 11.8 Å². The molecule has 0 bridgehead atoms. The Morgan fingerprint density at radius 3 is 2.56 bits per heavy atom. The van der Waals surface area contributed by atoms with E-state index in [-0.39, 0.29) is 31.4 Å². The number of amides is 2. The molecule has 1 aliphatic heterocycles. The second-order valence-electron chi connectivity index (χ2n) is 7.06. The largest absolute Gasteiger partial charge is 0.465 e. The minimum Gasteiger partial charge on any atom is -0.465 e. The Hall–Kier alpha value is -2.82. The highest BCUT2D eigenvalue weighted by Crippen LogP contribution is 2.33. The van der Waals surface area contributed by atoms with Gasteiger partial charge in [-0.2, -0.15) is 5.26 Å². The Bertz CT molecular complexity index is 720. The molecule has 1 aromatic heterocycles. The van der Waals surface area contributed by atoms with Crippen LogP contribution in [0.3, 0.4) is 0 Å². The van der Waals surface area contributed by atoms with Crippen molar-refractivity contribution in [2.24, 2.45) is 0 Å². The first-order chi connectivity index (χ1) is 11.6. The topological polar surface area (TPSA) is 107 Å². The van der Waals surface area contributed by atoms with Crippen molar-refractivity contribution in [2.45, 2.75) is 39.2 Å². The van der Waals surface area contributed by atoms with Gasteiger partial charge in [0.05, 0.1) is 17.8 Å². The lowest BCUT2D eigenvalue weighted by atomic mass is 9.84. The summed E-state index contributed by atoms with van der Waals surface area (Å²) in [5.74, 6) is 0.255. The Balaban J connectivity index is 2.20. The quantitative estimate of drug-likeness (QED) is 0.837. The molecule has 1 atom stereocenters. The highest BCUT2D eigenvalue weighted by molar-refractivity contribution is 5.72. The molecule has 134 valence electrons. The molecule has 8 heteroatoms. The van der Waals surface area contributed by atoms with E-state index in [1.165, 1.54) is 22.2 Å². The molecule has 8 nitrogen and oxygen atoms in total. The van der Waals surface area contributed by atoms with E-state index in [1.807, 2.05) is 20.8 Å². The molecule has 1 fully saturated rings. The van der Waals surface area contributed by atoms with E-state index in [4.69, 9.17) is 9.84 Å². The summed E-state index contributed by atoms with van der Waals surface area (Å²) >= 11 is 0. The second-order valence-corrected chi connectivity index (χ2v) is 7.06. The molecular weight excluding hydrogens is 324 g/mol. The fraction of sp³-hybridized carbons (Fsp3) is 0.529. The number of hydrogen-bond acceptors (Lipinski definition) is 5. The van der Waals surface area contributed by atoms with Gasteiger partial charge >= 0.3 is 12.2 Å². The van der Waals surface area contributed by atoms with E-state index in [9.17, 15) is 14.9 Å². The van der Waals surface area contributed by atoms with Gasteiger partial charge in [-0.1, -0.05) is 20.8 Å².